The molecule has 0 saturated heterocycles. The van der Waals surface area contributed by atoms with Crippen LogP contribution in [-0.4, -0.2) is 0 Å². The highest BCUT2D eigenvalue weighted by atomic mass is 14.1. The Morgan fingerprint density at radius 2 is 1.17 bits per heavy atom. The van der Waals surface area contributed by atoms with Crippen molar-refractivity contribution in [2.45, 2.75) is 13.3 Å². The molecule has 0 aliphatic carbocycles. The number of rotatable bonds is 3. The fraction of sp³-hybridized carbons (Fsp3) is 0.0833. The van der Waals surface area contributed by atoms with Gasteiger partial charge >= 0.3 is 0 Å². The SMILES string of the molecule is CC/C(=C(/C#Cc1ccccc1)c1ccccc1)c1ccccc1. The molecule has 0 amide bonds. The maximum atomic E-state index is 3.43. The zero-order valence-corrected chi connectivity index (χ0v) is 13.9. The maximum absolute atomic E-state index is 3.43. The van der Waals surface area contributed by atoms with Crippen molar-refractivity contribution < 1.29 is 0 Å². The molecule has 0 heterocycles. The molecular weight excluding hydrogens is 288 g/mol. The molecule has 0 radical (unpaired) electrons. The summed E-state index contributed by atoms with van der Waals surface area (Å²) >= 11 is 0. The van der Waals surface area contributed by atoms with Crippen molar-refractivity contribution in [3.05, 3.63) is 108 Å². The highest BCUT2D eigenvalue weighted by Gasteiger charge is 2.08. The van der Waals surface area contributed by atoms with E-state index in [1.165, 1.54) is 16.7 Å². The van der Waals surface area contributed by atoms with Crippen LogP contribution in [0, 0.1) is 11.8 Å². The summed E-state index contributed by atoms with van der Waals surface area (Å²) in [6.45, 7) is 2.19. The van der Waals surface area contributed by atoms with Crippen molar-refractivity contribution in [3.63, 3.8) is 0 Å². The zero-order chi connectivity index (χ0) is 16.6. The molecule has 0 saturated carbocycles. The van der Waals surface area contributed by atoms with E-state index in [9.17, 15) is 0 Å². The van der Waals surface area contributed by atoms with Gasteiger partial charge in [0.15, 0.2) is 0 Å². The van der Waals surface area contributed by atoms with E-state index in [0.717, 1.165) is 17.6 Å². The Bertz CT molecular complexity index is 861. The molecule has 0 aliphatic heterocycles. The van der Waals surface area contributed by atoms with Crippen LogP contribution in [0.15, 0.2) is 91.0 Å². The lowest BCUT2D eigenvalue weighted by molar-refractivity contribution is 1.24. The van der Waals surface area contributed by atoms with Crippen molar-refractivity contribution in [3.8, 4) is 11.8 Å². The summed E-state index contributed by atoms with van der Waals surface area (Å²) in [6.07, 6.45) is 0.942. The molecule has 3 aromatic rings. The molecule has 0 unspecified atom stereocenters. The first-order valence-corrected chi connectivity index (χ1v) is 8.29. The van der Waals surface area contributed by atoms with E-state index in [4.69, 9.17) is 0 Å². The van der Waals surface area contributed by atoms with Crippen LogP contribution in [0.4, 0.5) is 0 Å². The van der Waals surface area contributed by atoms with Gasteiger partial charge in [-0.3, -0.25) is 0 Å². The van der Waals surface area contributed by atoms with Gasteiger partial charge in [-0.2, -0.15) is 0 Å². The fourth-order valence-electron chi connectivity index (χ4n) is 2.75. The monoisotopic (exact) mass is 308 g/mol. The Morgan fingerprint density at radius 3 is 1.71 bits per heavy atom. The molecule has 116 valence electrons. The molecule has 3 rings (SSSR count). The summed E-state index contributed by atoms with van der Waals surface area (Å²) in [4.78, 5) is 0. The largest absolute Gasteiger partial charge is 0.0622 e. The molecule has 0 aliphatic rings. The van der Waals surface area contributed by atoms with Gasteiger partial charge < -0.3 is 0 Å². The van der Waals surface area contributed by atoms with Crippen LogP contribution >= 0.6 is 0 Å². The molecule has 3 aromatic carbocycles. The van der Waals surface area contributed by atoms with Gasteiger partial charge in [0.05, 0.1) is 0 Å². The van der Waals surface area contributed by atoms with Crippen LogP contribution in [0.2, 0.25) is 0 Å². The second kappa shape index (κ2) is 7.99. The summed E-state index contributed by atoms with van der Waals surface area (Å²) < 4.78 is 0. The first-order chi connectivity index (χ1) is 11.9. The minimum Gasteiger partial charge on any atom is -0.0622 e. The molecule has 0 aromatic heterocycles. The highest BCUT2D eigenvalue weighted by Crippen LogP contribution is 2.28. The van der Waals surface area contributed by atoms with E-state index >= 15 is 0 Å². The van der Waals surface area contributed by atoms with Gasteiger partial charge in [0.1, 0.15) is 0 Å². The lowest BCUT2D eigenvalue weighted by Crippen LogP contribution is -1.90. The van der Waals surface area contributed by atoms with Crippen LogP contribution in [0.1, 0.15) is 30.0 Å². The Hall–Kier alpha value is -3.04. The number of hydrogen-bond acceptors (Lipinski definition) is 0. The van der Waals surface area contributed by atoms with Crippen LogP contribution in [0.25, 0.3) is 11.1 Å². The third-order valence-corrected chi connectivity index (χ3v) is 3.95. The van der Waals surface area contributed by atoms with Gasteiger partial charge in [-0.1, -0.05) is 97.6 Å². The van der Waals surface area contributed by atoms with Crippen LogP contribution < -0.4 is 0 Å². The van der Waals surface area contributed by atoms with Crippen molar-refractivity contribution >= 4 is 11.1 Å². The first-order valence-electron chi connectivity index (χ1n) is 8.29. The first kappa shape index (κ1) is 15.8. The molecule has 0 spiro atoms. The molecular formula is C24H20. The van der Waals surface area contributed by atoms with E-state index in [0.29, 0.717) is 0 Å². The average Bonchev–Trinajstić information content (AvgIpc) is 2.67. The Balaban J connectivity index is 2.15. The molecule has 24 heavy (non-hydrogen) atoms. The standard InChI is InChI=1S/C24H20/c1-2-23(21-14-8-4-9-15-21)24(22-16-10-5-11-17-22)19-18-20-12-6-3-7-13-20/h3-17H,2H2,1H3/b24-23+. The quantitative estimate of drug-likeness (QED) is 0.407. The van der Waals surface area contributed by atoms with Gasteiger partial charge in [0.25, 0.3) is 0 Å². The summed E-state index contributed by atoms with van der Waals surface area (Å²) in [5, 5.41) is 0. The van der Waals surface area contributed by atoms with Crippen LogP contribution in [-0.2, 0) is 0 Å². The molecule has 0 N–H and O–H groups in total. The lowest BCUT2D eigenvalue weighted by atomic mass is 9.93. The topological polar surface area (TPSA) is 0 Å². The van der Waals surface area contributed by atoms with Crippen molar-refractivity contribution in [2.24, 2.45) is 0 Å². The summed E-state index contributed by atoms with van der Waals surface area (Å²) in [5.74, 6) is 6.75. The fourth-order valence-corrected chi connectivity index (χ4v) is 2.75. The molecule has 0 bridgehead atoms. The normalized spacial score (nSPS) is 11.2. The van der Waals surface area contributed by atoms with Gasteiger partial charge in [-0.15, -0.1) is 0 Å². The minimum atomic E-state index is 0.942. The average molecular weight is 308 g/mol. The van der Waals surface area contributed by atoms with E-state index in [2.05, 4.69) is 73.4 Å². The lowest BCUT2D eigenvalue weighted by Gasteiger charge is -2.10. The summed E-state index contributed by atoms with van der Waals surface area (Å²) in [5.41, 5.74) is 5.83. The Morgan fingerprint density at radius 1 is 0.667 bits per heavy atom. The van der Waals surface area contributed by atoms with E-state index in [1.54, 1.807) is 0 Å². The maximum Gasteiger partial charge on any atom is 0.0359 e. The van der Waals surface area contributed by atoms with E-state index < -0.39 is 0 Å². The molecule has 0 heteroatoms. The third kappa shape index (κ3) is 3.83. The Kier molecular flexibility index (Phi) is 5.28. The second-order valence-electron chi connectivity index (χ2n) is 5.56. The van der Waals surface area contributed by atoms with Crippen molar-refractivity contribution in [2.75, 3.05) is 0 Å². The molecule has 0 atom stereocenters. The summed E-state index contributed by atoms with van der Waals surface area (Å²) in [7, 11) is 0. The van der Waals surface area contributed by atoms with E-state index in [-0.39, 0.29) is 0 Å². The van der Waals surface area contributed by atoms with Crippen molar-refractivity contribution in [1.29, 1.82) is 0 Å². The zero-order valence-electron chi connectivity index (χ0n) is 13.9. The van der Waals surface area contributed by atoms with Gasteiger partial charge in [-0.25, -0.2) is 0 Å². The second-order valence-corrected chi connectivity index (χ2v) is 5.56. The summed E-state index contributed by atoms with van der Waals surface area (Å²) in [6, 6.07) is 31.1. The number of allylic oxidation sites excluding steroid dienone is 2. The highest BCUT2D eigenvalue weighted by molar-refractivity contribution is 5.98. The van der Waals surface area contributed by atoms with E-state index in [1.807, 2.05) is 36.4 Å². The Labute approximate surface area is 144 Å². The molecule has 0 fully saturated rings. The van der Waals surface area contributed by atoms with Gasteiger partial charge in [-0.05, 0) is 35.3 Å². The van der Waals surface area contributed by atoms with Crippen LogP contribution in [0.3, 0.4) is 0 Å². The predicted octanol–water partition coefficient (Wildman–Crippen LogP) is 6.06. The smallest absolute Gasteiger partial charge is 0.0359 e. The minimum absolute atomic E-state index is 0.942. The van der Waals surface area contributed by atoms with Gasteiger partial charge in [0.2, 0.25) is 0 Å². The molecule has 0 nitrogen and oxygen atoms in total. The third-order valence-electron chi connectivity index (χ3n) is 3.95. The van der Waals surface area contributed by atoms with Crippen LogP contribution in [0.5, 0.6) is 0 Å². The van der Waals surface area contributed by atoms with Crippen molar-refractivity contribution in [1.82, 2.24) is 0 Å². The van der Waals surface area contributed by atoms with Gasteiger partial charge in [0, 0.05) is 11.1 Å². The number of hydrogen-bond donors (Lipinski definition) is 0. The predicted molar refractivity (Wildman–Crippen MR) is 103 cm³/mol. The number of benzene rings is 3.